The van der Waals surface area contributed by atoms with E-state index in [1.165, 1.54) is 0 Å². The molecule has 5 heteroatoms. The van der Waals surface area contributed by atoms with Crippen LogP contribution in [0.1, 0.15) is 5.56 Å². The fourth-order valence-corrected chi connectivity index (χ4v) is 1.47. The smallest absolute Gasteiger partial charge is 0.408 e. The number of carbonyl (C=O) groups excluding carboxylic acids is 1. The number of hydrogen-bond donors (Lipinski definition) is 2. The fraction of sp³-hybridized carbons (Fsp3) is 0.125. The third-order valence-corrected chi connectivity index (χ3v) is 1.98. The molecule has 0 aliphatic heterocycles. The van der Waals surface area contributed by atoms with E-state index >= 15 is 0 Å². The Balaban J connectivity index is 3.12. The molecule has 0 saturated heterocycles. The number of hydrogen-bond acceptors (Lipinski definition) is 3. The molecule has 1 aromatic rings. The Labute approximate surface area is 84.0 Å². The van der Waals surface area contributed by atoms with E-state index in [9.17, 15) is 4.79 Å². The van der Waals surface area contributed by atoms with Crippen LogP contribution in [0.3, 0.4) is 0 Å². The Kier molecular flexibility index (Phi) is 2.77. The van der Waals surface area contributed by atoms with Gasteiger partial charge in [-0.15, -0.1) is 0 Å². The first kappa shape index (κ1) is 9.85. The van der Waals surface area contributed by atoms with Crippen LogP contribution >= 0.6 is 15.9 Å². The van der Waals surface area contributed by atoms with Crippen LogP contribution in [-0.2, 0) is 0 Å². The molecule has 0 unspecified atom stereocenters. The lowest BCUT2D eigenvalue weighted by Gasteiger charge is -2.07. The van der Waals surface area contributed by atoms with Crippen molar-refractivity contribution >= 4 is 27.7 Å². The molecule has 0 aliphatic carbocycles. The van der Waals surface area contributed by atoms with E-state index in [0.29, 0.717) is 5.69 Å². The minimum absolute atomic E-state index is 0.277. The maximum atomic E-state index is 10.5. The number of halogens is 1. The number of amides is 1. The molecule has 1 aromatic carbocycles. The molecule has 0 aromatic heterocycles. The van der Waals surface area contributed by atoms with Gasteiger partial charge in [-0.2, -0.15) is 0 Å². The van der Waals surface area contributed by atoms with Crippen molar-refractivity contribution in [1.82, 2.24) is 0 Å². The zero-order valence-electron chi connectivity index (χ0n) is 7.00. The molecule has 0 fully saturated rings. The van der Waals surface area contributed by atoms with Crippen LogP contribution in [0, 0.1) is 6.92 Å². The van der Waals surface area contributed by atoms with Gasteiger partial charge < -0.3 is 16.2 Å². The van der Waals surface area contributed by atoms with Gasteiger partial charge in [0.05, 0.1) is 5.69 Å². The van der Waals surface area contributed by atoms with Crippen molar-refractivity contribution in [2.45, 2.75) is 6.92 Å². The van der Waals surface area contributed by atoms with Crippen LogP contribution < -0.4 is 16.2 Å². The number of aryl methyl sites for hydroxylation is 1. The Bertz CT molecular complexity index is 352. The molecule has 0 radical (unpaired) electrons. The molecule has 0 bridgehead atoms. The van der Waals surface area contributed by atoms with Crippen molar-refractivity contribution in [2.24, 2.45) is 5.73 Å². The number of ether oxygens (including phenoxy) is 1. The molecule has 1 amide bonds. The third kappa shape index (κ3) is 2.35. The van der Waals surface area contributed by atoms with Gasteiger partial charge in [0, 0.05) is 4.47 Å². The van der Waals surface area contributed by atoms with Gasteiger partial charge in [0.2, 0.25) is 0 Å². The summed E-state index contributed by atoms with van der Waals surface area (Å²) >= 11 is 3.25. The van der Waals surface area contributed by atoms with E-state index in [1.54, 1.807) is 6.07 Å². The molecular weight excluding hydrogens is 236 g/mol. The van der Waals surface area contributed by atoms with Crippen LogP contribution in [0.15, 0.2) is 16.6 Å². The second-order valence-electron chi connectivity index (χ2n) is 2.56. The summed E-state index contributed by atoms with van der Waals surface area (Å²) in [6.07, 6.45) is -0.871. The van der Waals surface area contributed by atoms with Gasteiger partial charge in [-0.25, -0.2) is 4.79 Å². The summed E-state index contributed by atoms with van der Waals surface area (Å²) in [5, 5.41) is 0. The SMILES string of the molecule is Cc1cc(Br)cc(OC(N)=O)c1N. The molecule has 1 rings (SSSR count). The van der Waals surface area contributed by atoms with Gasteiger partial charge in [0.1, 0.15) is 0 Å². The van der Waals surface area contributed by atoms with Gasteiger partial charge >= 0.3 is 6.09 Å². The summed E-state index contributed by atoms with van der Waals surface area (Å²) in [7, 11) is 0. The lowest BCUT2D eigenvalue weighted by atomic mass is 10.2. The van der Waals surface area contributed by atoms with Crippen molar-refractivity contribution in [2.75, 3.05) is 5.73 Å². The topological polar surface area (TPSA) is 78.3 Å². The quantitative estimate of drug-likeness (QED) is 0.740. The number of anilines is 1. The second kappa shape index (κ2) is 3.66. The fourth-order valence-electron chi connectivity index (χ4n) is 0.916. The predicted molar refractivity (Wildman–Crippen MR) is 53.5 cm³/mol. The minimum Gasteiger partial charge on any atom is -0.408 e. The summed E-state index contributed by atoms with van der Waals surface area (Å²) in [6.45, 7) is 1.81. The molecule has 0 aliphatic rings. The second-order valence-corrected chi connectivity index (χ2v) is 3.47. The van der Waals surface area contributed by atoms with Crippen molar-refractivity contribution in [1.29, 1.82) is 0 Å². The van der Waals surface area contributed by atoms with E-state index in [4.69, 9.17) is 16.2 Å². The minimum atomic E-state index is -0.871. The summed E-state index contributed by atoms with van der Waals surface area (Å²) < 4.78 is 5.48. The van der Waals surface area contributed by atoms with Gasteiger partial charge in [0.15, 0.2) is 5.75 Å². The number of nitrogen functional groups attached to an aromatic ring is 1. The lowest BCUT2D eigenvalue weighted by molar-refractivity contribution is 0.211. The monoisotopic (exact) mass is 244 g/mol. The summed E-state index contributed by atoms with van der Waals surface area (Å²) in [4.78, 5) is 10.5. The average molecular weight is 245 g/mol. The Hall–Kier alpha value is -1.23. The molecule has 4 nitrogen and oxygen atoms in total. The van der Waals surface area contributed by atoms with Gasteiger partial charge in [-0.3, -0.25) is 0 Å². The van der Waals surface area contributed by atoms with Crippen molar-refractivity contribution < 1.29 is 9.53 Å². The standard InChI is InChI=1S/C8H9BrN2O2/c1-4-2-5(9)3-6(7(4)10)13-8(11)12/h2-3H,10H2,1H3,(H2,11,12). The Morgan fingerprint density at radius 3 is 2.69 bits per heavy atom. The highest BCUT2D eigenvalue weighted by Crippen LogP contribution is 2.29. The Morgan fingerprint density at radius 1 is 1.54 bits per heavy atom. The number of nitrogens with two attached hydrogens (primary N) is 2. The molecule has 70 valence electrons. The highest BCUT2D eigenvalue weighted by Gasteiger charge is 2.07. The zero-order chi connectivity index (χ0) is 10.0. The van der Waals surface area contributed by atoms with Gasteiger partial charge in [0.25, 0.3) is 0 Å². The summed E-state index contributed by atoms with van der Waals surface area (Å²) in [5.41, 5.74) is 11.8. The van der Waals surface area contributed by atoms with Crippen LogP contribution in [0.2, 0.25) is 0 Å². The average Bonchev–Trinajstić information content (AvgIpc) is 1.98. The van der Waals surface area contributed by atoms with Crippen molar-refractivity contribution in [3.8, 4) is 5.75 Å². The molecule has 0 heterocycles. The number of benzene rings is 1. The van der Waals surface area contributed by atoms with Gasteiger partial charge in [-0.1, -0.05) is 15.9 Å². The normalized spacial score (nSPS) is 9.69. The van der Waals surface area contributed by atoms with Crippen molar-refractivity contribution in [3.63, 3.8) is 0 Å². The van der Waals surface area contributed by atoms with Gasteiger partial charge in [-0.05, 0) is 24.6 Å². The predicted octanol–water partition coefficient (Wildman–Crippen LogP) is 1.80. The first-order valence-electron chi connectivity index (χ1n) is 3.53. The summed E-state index contributed by atoms with van der Waals surface area (Å²) in [5.74, 6) is 0.277. The maximum absolute atomic E-state index is 10.5. The molecule has 0 spiro atoms. The van der Waals surface area contributed by atoms with Crippen LogP contribution in [-0.4, -0.2) is 6.09 Å². The van der Waals surface area contributed by atoms with Crippen molar-refractivity contribution in [3.05, 3.63) is 22.2 Å². The number of primary amides is 1. The molecular formula is C8H9BrN2O2. The maximum Gasteiger partial charge on any atom is 0.410 e. The Morgan fingerprint density at radius 2 is 2.15 bits per heavy atom. The molecule has 0 atom stereocenters. The highest BCUT2D eigenvalue weighted by molar-refractivity contribution is 9.10. The lowest BCUT2D eigenvalue weighted by Crippen LogP contribution is -2.17. The highest BCUT2D eigenvalue weighted by atomic mass is 79.9. The van der Waals surface area contributed by atoms with E-state index in [1.807, 2.05) is 13.0 Å². The van der Waals surface area contributed by atoms with Crippen LogP contribution in [0.5, 0.6) is 5.75 Å². The largest absolute Gasteiger partial charge is 0.410 e. The first-order valence-corrected chi connectivity index (χ1v) is 4.33. The van der Waals surface area contributed by atoms with E-state index < -0.39 is 6.09 Å². The summed E-state index contributed by atoms with van der Waals surface area (Å²) in [6, 6.07) is 3.41. The molecule has 4 N–H and O–H groups in total. The van der Waals surface area contributed by atoms with E-state index in [-0.39, 0.29) is 5.75 Å². The van der Waals surface area contributed by atoms with E-state index in [0.717, 1.165) is 10.0 Å². The third-order valence-electron chi connectivity index (χ3n) is 1.52. The molecule has 0 saturated carbocycles. The van der Waals surface area contributed by atoms with Crippen LogP contribution in [0.25, 0.3) is 0 Å². The molecule has 13 heavy (non-hydrogen) atoms. The first-order chi connectivity index (χ1) is 6.00. The number of carbonyl (C=O) groups is 1. The zero-order valence-corrected chi connectivity index (χ0v) is 8.59. The van der Waals surface area contributed by atoms with Crippen LogP contribution in [0.4, 0.5) is 10.5 Å². The number of rotatable bonds is 1. The van der Waals surface area contributed by atoms with E-state index in [2.05, 4.69) is 15.9 Å².